The van der Waals surface area contributed by atoms with Gasteiger partial charge in [-0.25, -0.2) is 29.9 Å². The molecule has 0 N–H and O–H groups in total. The largest absolute Gasteiger partial charge is 0.247 e. The molecule has 6 heterocycles. The number of nitrogens with zero attached hydrogens (tertiary/aromatic N) is 6. The Morgan fingerprint density at radius 2 is 0.448 bits per heavy atom. The molecule has 0 aliphatic rings. The molecule has 116 heavy (non-hydrogen) atoms. The van der Waals surface area contributed by atoms with Crippen LogP contribution in [0.15, 0.2) is 400 Å². The molecule has 0 radical (unpaired) electrons. The molecule has 0 aliphatic carbocycles. The van der Waals surface area contributed by atoms with Crippen LogP contribution in [-0.2, 0) is 0 Å². The van der Waals surface area contributed by atoms with Gasteiger partial charge in [0.15, 0.2) is 11.6 Å². The van der Waals surface area contributed by atoms with E-state index < -0.39 is 0 Å². The van der Waals surface area contributed by atoms with E-state index in [4.69, 9.17) is 29.9 Å². The van der Waals surface area contributed by atoms with Crippen LogP contribution in [0.2, 0.25) is 0 Å². The monoisotopic (exact) mass is 1510 g/mol. The first-order chi connectivity index (χ1) is 57.5. The lowest BCUT2D eigenvalue weighted by atomic mass is 9.93. The molecule has 0 fully saturated rings. The molecule has 0 spiro atoms. The van der Waals surface area contributed by atoms with Gasteiger partial charge in [0.2, 0.25) is 0 Å². The molecular formula is C108H66N6S2. The normalized spacial score (nSPS) is 11.6. The Bertz CT molecular complexity index is 7720. The van der Waals surface area contributed by atoms with Crippen molar-refractivity contribution < 1.29 is 0 Å². The van der Waals surface area contributed by atoms with Gasteiger partial charge in [-0.05, 0) is 137 Å². The van der Waals surface area contributed by atoms with Crippen LogP contribution in [0.25, 0.3) is 229 Å². The highest BCUT2D eigenvalue weighted by Crippen LogP contribution is 2.49. The van der Waals surface area contributed by atoms with Gasteiger partial charge in [0, 0.05) is 95.6 Å². The Kier molecular flexibility index (Phi) is 16.9. The first-order valence-corrected chi connectivity index (χ1v) is 40.7. The summed E-state index contributed by atoms with van der Waals surface area (Å²) < 4.78 is 5.04. The number of fused-ring (bicyclic) bond motifs is 16. The Labute approximate surface area is 677 Å². The molecule has 0 atom stereocenters. The van der Waals surface area contributed by atoms with E-state index in [2.05, 4.69) is 352 Å². The van der Waals surface area contributed by atoms with E-state index in [0.717, 1.165) is 117 Å². The molecule has 23 rings (SSSR count). The van der Waals surface area contributed by atoms with Crippen LogP contribution in [0.5, 0.6) is 0 Å². The second kappa shape index (κ2) is 28.7. The maximum atomic E-state index is 5.52. The molecule has 0 unspecified atom stereocenters. The van der Waals surface area contributed by atoms with Crippen LogP contribution in [0.1, 0.15) is 0 Å². The highest BCUT2D eigenvalue weighted by atomic mass is 32.1. The number of hydrogen-bond acceptors (Lipinski definition) is 8. The van der Waals surface area contributed by atoms with E-state index in [1.54, 1.807) is 0 Å². The molecule has 8 heteroatoms. The highest BCUT2D eigenvalue weighted by Gasteiger charge is 2.24. The van der Waals surface area contributed by atoms with Crippen molar-refractivity contribution >= 4 is 128 Å². The average Bonchev–Trinajstić information content (AvgIpc) is 1.53. The van der Waals surface area contributed by atoms with Gasteiger partial charge in [-0.3, -0.25) is 0 Å². The number of rotatable bonds is 11. The summed E-state index contributed by atoms with van der Waals surface area (Å²) in [6.07, 6.45) is 0. The predicted octanol–water partition coefficient (Wildman–Crippen LogP) is 29.7. The Morgan fingerprint density at radius 3 is 0.836 bits per heavy atom. The van der Waals surface area contributed by atoms with E-state index in [-0.39, 0.29) is 0 Å². The van der Waals surface area contributed by atoms with E-state index in [0.29, 0.717) is 11.6 Å². The zero-order valence-electron chi connectivity index (χ0n) is 62.6. The summed E-state index contributed by atoms with van der Waals surface area (Å²) in [7, 11) is 0. The fourth-order valence-corrected chi connectivity index (χ4v) is 19.3. The molecule has 6 nitrogen and oxygen atoms in total. The molecule has 6 aromatic heterocycles. The van der Waals surface area contributed by atoms with Crippen LogP contribution in [-0.4, -0.2) is 29.9 Å². The molecule has 0 saturated carbocycles. The standard InChI is InChI=1S/C57H35N3S.C51H31N3S/c1-3-13-36(14-4-1)37-23-27-40(28-24-37)52-35-51(39-15-5-2-6-16-39)59-57(60-52)41-29-25-38(26-30-41)42-31-32-50-49(33-42)56-54(47-21-11-12-22-53(47)61-56)55(58-50)48-34-43-17-7-8-18-44(43)45-19-9-10-20-46(45)48;1-3-13-33(14-4-1)45-31-46(34-15-5-2-6-16-34)54-51(53-45)35-25-23-32(24-26-35)36-27-28-44-43(29-36)50-48(41-21-11-12-22-47(41)55-50)49(52-44)42-30-37-17-7-8-18-38(37)39-19-9-10-20-40(39)42/h1-35H;1-31H. The Hall–Kier alpha value is -14.8. The molecule has 0 amide bonds. The first kappa shape index (κ1) is 68.0. The van der Waals surface area contributed by atoms with Crippen molar-refractivity contribution in [3.63, 3.8) is 0 Å². The molecular weight excluding hydrogens is 1450 g/mol. The van der Waals surface area contributed by atoms with Crippen LogP contribution in [0.3, 0.4) is 0 Å². The minimum Gasteiger partial charge on any atom is -0.247 e. The molecule has 17 aromatic carbocycles. The predicted molar refractivity (Wildman–Crippen MR) is 490 cm³/mol. The number of hydrogen-bond donors (Lipinski definition) is 0. The first-order valence-electron chi connectivity index (χ1n) is 39.1. The SMILES string of the molecule is c1ccc(-c2cc(-c3ccccc3)nc(-c3ccc(-c4ccc5nc(-c6cc7ccccc7c7ccccc67)c6c7ccccc7sc6c5c4)cc3)n2)cc1.c1ccc(-c2ccc(-c3cc(-c4ccccc4)nc(-c4ccc(-c5ccc6nc(-c7cc8ccccc8c8ccccc78)c7c8ccccc8sc7c6c5)cc4)n3)cc2)cc1. The van der Waals surface area contributed by atoms with E-state index >= 15 is 0 Å². The van der Waals surface area contributed by atoms with E-state index in [9.17, 15) is 0 Å². The van der Waals surface area contributed by atoms with Crippen molar-refractivity contribution in [1.29, 1.82) is 0 Å². The van der Waals surface area contributed by atoms with Crippen molar-refractivity contribution in [1.82, 2.24) is 29.9 Å². The van der Waals surface area contributed by atoms with Gasteiger partial charge in [0.05, 0.1) is 45.2 Å². The lowest BCUT2D eigenvalue weighted by Gasteiger charge is -2.14. The summed E-state index contributed by atoms with van der Waals surface area (Å²) in [6.45, 7) is 0. The molecule has 0 bridgehead atoms. The fraction of sp³-hybridized carbons (Fsp3) is 0. The third-order valence-corrected chi connectivity index (χ3v) is 25.0. The zero-order valence-corrected chi connectivity index (χ0v) is 64.2. The van der Waals surface area contributed by atoms with E-state index in [1.807, 2.05) is 71.2 Å². The third-order valence-electron chi connectivity index (χ3n) is 22.6. The number of benzene rings is 17. The average molecular weight is 1510 g/mol. The van der Waals surface area contributed by atoms with Crippen molar-refractivity contribution in [3.8, 4) is 124 Å². The summed E-state index contributed by atoms with van der Waals surface area (Å²) in [6, 6.07) is 142. The number of aromatic nitrogens is 6. The van der Waals surface area contributed by atoms with E-state index in [1.165, 1.54) is 100 Å². The summed E-state index contributed by atoms with van der Waals surface area (Å²) in [4.78, 5) is 31.4. The minimum atomic E-state index is 0.693. The highest BCUT2D eigenvalue weighted by molar-refractivity contribution is 7.27. The molecule has 0 aliphatic heterocycles. The van der Waals surface area contributed by atoms with Gasteiger partial charge >= 0.3 is 0 Å². The lowest BCUT2D eigenvalue weighted by Crippen LogP contribution is -1.96. The minimum absolute atomic E-state index is 0.693. The summed E-state index contributed by atoms with van der Waals surface area (Å²) in [5.41, 5.74) is 23.0. The van der Waals surface area contributed by atoms with Crippen LogP contribution >= 0.6 is 22.7 Å². The van der Waals surface area contributed by atoms with Crippen LogP contribution in [0, 0.1) is 0 Å². The van der Waals surface area contributed by atoms with Crippen molar-refractivity contribution in [3.05, 3.63) is 400 Å². The molecule has 0 saturated heterocycles. The maximum Gasteiger partial charge on any atom is 0.160 e. The van der Waals surface area contributed by atoms with Crippen molar-refractivity contribution in [2.45, 2.75) is 0 Å². The van der Waals surface area contributed by atoms with Gasteiger partial charge in [-0.1, -0.05) is 340 Å². The Morgan fingerprint density at radius 1 is 0.172 bits per heavy atom. The summed E-state index contributed by atoms with van der Waals surface area (Å²) in [5.74, 6) is 1.40. The summed E-state index contributed by atoms with van der Waals surface area (Å²) >= 11 is 3.71. The topological polar surface area (TPSA) is 77.3 Å². The smallest absolute Gasteiger partial charge is 0.160 e. The quantitative estimate of drug-likeness (QED) is 0.120. The van der Waals surface area contributed by atoms with Gasteiger partial charge < -0.3 is 0 Å². The zero-order chi connectivity index (χ0) is 76.6. The van der Waals surface area contributed by atoms with Crippen LogP contribution in [0.4, 0.5) is 0 Å². The Balaban J connectivity index is 0.000000141. The second-order valence-corrected chi connectivity index (χ2v) is 31.6. The van der Waals surface area contributed by atoms with Crippen molar-refractivity contribution in [2.75, 3.05) is 0 Å². The van der Waals surface area contributed by atoms with Gasteiger partial charge in [-0.15, -0.1) is 22.7 Å². The maximum absolute atomic E-state index is 5.52. The van der Waals surface area contributed by atoms with Gasteiger partial charge in [0.1, 0.15) is 0 Å². The lowest BCUT2D eigenvalue weighted by molar-refractivity contribution is 1.18. The molecule has 23 aromatic rings. The van der Waals surface area contributed by atoms with Crippen LogP contribution < -0.4 is 0 Å². The number of thiophene rings is 2. The summed E-state index contributed by atoms with van der Waals surface area (Å²) in [5, 5.41) is 17.1. The number of pyridine rings is 2. The third kappa shape index (κ3) is 12.3. The van der Waals surface area contributed by atoms with Gasteiger partial charge in [-0.2, -0.15) is 0 Å². The second-order valence-electron chi connectivity index (χ2n) is 29.5. The molecule has 540 valence electrons. The van der Waals surface area contributed by atoms with Gasteiger partial charge in [0.25, 0.3) is 0 Å². The van der Waals surface area contributed by atoms with Crippen molar-refractivity contribution in [2.24, 2.45) is 0 Å². The fourth-order valence-electron chi connectivity index (χ4n) is 16.8.